The largest absolute Gasteiger partial charge is 0.480 e. The lowest BCUT2D eigenvalue weighted by molar-refractivity contribution is -0.138. The lowest BCUT2D eigenvalue weighted by Crippen LogP contribution is -2.32. The van der Waals surface area contributed by atoms with E-state index in [2.05, 4.69) is 0 Å². The fraction of sp³-hybridized carbons (Fsp3) is 0.900. The maximum Gasteiger partial charge on any atom is 0.317 e. The van der Waals surface area contributed by atoms with Crippen molar-refractivity contribution in [2.45, 2.75) is 13.3 Å². The molecule has 0 aromatic carbocycles. The van der Waals surface area contributed by atoms with Gasteiger partial charge in [-0.05, 0) is 13.0 Å². The summed E-state index contributed by atoms with van der Waals surface area (Å²) >= 11 is 0. The Kier molecular flexibility index (Phi) is 9.46. The van der Waals surface area contributed by atoms with E-state index in [-0.39, 0.29) is 6.54 Å². The molecular formula is C10H21NO4. The predicted octanol–water partition coefficient (Wildman–Crippen LogP) is 0.446. The number of likely N-dealkylation sites (N-methyl/N-ethyl adjacent to an activating group) is 1. The molecule has 0 amide bonds. The summed E-state index contributed by atoms with van der Waals surface area (Å²) in [7, 11) is 1.66. The molecule has 0 aromatic rings. The number of carboxylic acids is 1. The van der Waals surface area contributed by atoms with Crippen molar-refractivity contribution in [3.63, 3.8) is 0 Å². The van der Waals surface area contributed by atoms with Crippen molar-refractivity contribution in [3.05, 3.63) is 0 Å². The van der Waals surface area contributed by atoms with Crippen LogP contribution in [0.5, 0.6) is 0 Å². The van der Waals surface area contributed by atoms with Crippen molar-refractivity contribution in [1.82, 2.24) is 4.90 Å². The Morgan fingerprint density at radius 3 is 2.60 bits per heavy atom. The van der Waals surface area contributed by atoms with Crippen LogP contribution in [0.3, 0.4) is 0 Å². The summed E-state index contributed by atoms with van der Waals surface area (Å²) in [5, 5.41) is 8.59. The van der Waals surface area contributed by atoms with E-state index in [1.165, 1.54) is 0 Å². The Labute approximate surface area is 91.0 Å². The van der Waals surface area contributed by atoms with Crippen LogP contribution in [0, 0.1) is 0 Å². The molecule has 0 radical (unpaired) electrons. The minimum Gasteiger partial charge on any atom is -0.480 e. The predicted molar refractivity (Wildman–Crippen MR) is 57.1 cm³/mol. The third-order valence-electron chi connectivity index (χ3n) is 2.00. The van der Waals surface area contributed by atoms with Crippen molar-refractivity contribution < 1.29 is 19.4 Å². The van der Waals surface area contributed by atoms with Crippen LogP contribution in [0.15, 0.2) is 0 Å². The summed E-state index contributed by atoms with van der Waals surface area (Å²) < 4.78 is 10.2. The van der Waals surface area contributed by atoms with Crippen molar-refractivity contribution in [2.24, 2.45) is 0 Å². The monoisotopic (exact) mass is 219 g/mol. The maximum absolute atomic E-state index is 10.4. The van der Waals surface area contributed by atoms with E-state index in [0.717, 1.165) is 13.0 Å². The van der Waals surface area contributed by atoms with Crippen LogP contribution in [0.1, 0.15) is 13.3 Å². The molecule has 1 N–H and O–H groups in total. The average Bonchev–Trinajstić information content (AvgIpc) is 2.20. The number of aliphatic carboxylic acids is 1. The lowest BCUT2D eigenvalue weighted by Gasteiger charge is -2.17. The topological polar surface area (TPSA) is 59.0 Å². The molecule has 0 unspecified atom stereocenters. The van der Waals surface area contributed by atoms with E-state index in [1.807, 2.05) is 11.8 Å². The zero-order chi connectivity index (χ0) is 11.5. The summed E-state index contributed by atoms with van der Waals surface area (Å²) in [6.45, 7) is 5.35. The highest BCUT2D eigenvalue weighted by molar-refractivity contribution is 5.69. The molecule has 0 bridgehead atoms. The molecule has 5 heteroatoms. The average molecular weight is 219 g/mol. The van der Waals surface area contributed by atoms with Crippen LogP contribution in [-0.2, 0) is 14.3 Å². The van der Waals surface area contributed by atoms with Gasteiger partial charge in [0.25, 0.3) is 0 Å². The molecule has 0 aliphatic rings. The molecular weight excluding hydrogens is 198 g/mol. The molecule has 5 nitrogen and oxygen atoms in total. The second kappa shape index (κ2) is 9.89. The second-order valence-electron chi connectivity index (χ2n) is 3.22. The third kappa shape index (κ3) is 9.65. The van der Waals surface area contributed by atoms with Crippen LogP contribution in [-0.4, -0.2) is 62.5 Å². The van der Waals surface area contributed by atoms with E-state index in [4.69, 9.17) is 14.6 Å². The van der Waals surface area contributed by atoms with Crippen LogP contribution >= 0.6 is 0 Å². The molecule has 90 valence electrons. The summed E-state index contributed by atoms with van der Waals surface area (Å²) in [5.41, 5.74) is 0. The summed E-state index contributed by atoms with van der Waals surface area (Å²) in [4.78, 5) is 12.3. The molecule has 0 heterocycles. The fourth-order valence-corrected chi connectivity index (χ4v) is 1.14. The van der Waals surface area contributed by atoms with Gasteiger partial charge in [-0.25, -0.2) is 0 Å². The first-order valence-corrected chi connectivity index (χ1v) is 5.21. The summed E-state index contributed by atoms with van der Waals surface area (Å²) in [6, 6.07) is 0. The zero-order valence-electron chi connectivity index (χ0n) is 9.57. The van der Waals surface area contributed by atoms with Gasteiger partial charge < -0.3 is 14.6 Å². The molecule has 0 saturated carbocycles. The van der Waals surface area contributed by atoms with Crippen molar-refractivity contribution in [1.29, 1.82) is 0 Å². The molecule has 0 spiro atoms. The Bertz CT molecular complexity index is 164. The Morgan fingerprint density at radius 2 is 2.07 bits per heavy atom. The highest BCUT2D eigenvalue weighted by Crippen LogP contribution is 1.89. The standard InChI is InChI=1S/C10H21NO4/c1-3-11(9-10(12)13)5-8-15-7-4-6-14-2/h3-9H2,1-2H3,(H,12,13). The van der Waals surface area contributed by atoms with Gasteiger partial charge in [0.15, 0.2) is 0 Å². The molecule has 0 atom stereocenters. The van der Waals surface area contributed by atoms with Crippen molar-refractivity contribution >= 4 is 5.97 Å². The lowest BCUT2D eigenvalue weighted by atomic mass is 10.4. The summed E-state index contributed by atoms with van der Waals surface area (Å²) in [6.07, 6.45) is 0.877. The second-order valence-corrected chi connectivity index (χ2v) is 3.22. The van der Waals surface area contributed by atoms with Gasteiger partial charge in [-0.15, -0.1) is 0 Å². The molecule has 0 aromatic heterocycles. The van der Waals surface area contributed by atoms with Gasteiger partial charge in [0.05, 0.1) is 13.2 Å². The number of rotatable bonds is 10. The first-order valence-electron chi connectivity index (χ1n) is 5.21. The van der Waals surface area contributed by atoms with E-state index in [1.54, 1.807) is 7.11 Å². The van der Waals surface area contributed by atoms with E-state index in [9.17, 15) is 4.79 Å². The highest BCUT2D eigenvalue weighted by atomic mass is 16.5. The number of hydrogen-bond acceptors (Lipinski definition) is 4. The van der Waals surface area contributed by atoms with Gasteiger partial charge in [0, 0.05) is 26.9 Å². The highest BCUT2D eigenvalue weighted by Gasteiger charge is 2.06. The Hall–Kier alpha value is -0.650. The first kappa shape index (κ1) is 14.3. The zero-order valence-corrected chi connectivity index (χ0v) is 9.57. The minimum atomic E-state index is -0.795. The number of methoxy groups -OCH3 is 1. The van der Waals surface area contributed by atoms with Crippen LogP contribution in [0.2, 0.25) is 0 Å². The molecule has 0 rings (SSSR count). The number of carbonyl (C=O) groups is 1. The van der Waals surface area contributed by atoms with Gasteiger partial charge in [0.2, 0.25) is 0 Å². The first-order chi connectivity index (χ1) is 7.20. The Balaban J connectivity index is 3.34. The van der Waals surface area contributed by atoms with Gasteiger partial charge in [0.1, 0.15) is 0 Å². The SMILES string of the molecule is CCN(CCOCCCOC)CC(=O)O. The molecule has 0 saturated heterocycles. The smallest absolute Gasteiger partial charge is 0.317 e. The normalized spacial score (nSPS) is 10.9. The van der Waals surface area contributed by atoms with Crippen LogP contribution in [0.25, 0.3) is 0 Å². The molecule has 0 aliphatic carbocycles. The van der Waals surface area contributed by atoms with Crippen molar-refractivity contribution in [2.75, 3.05) is 46.6 Å². The molecule has 0 fully saturated rings. The third-order valence-corrected chi connectivity index (χ3v) is 2.00. The van der Waals surface area contributed by atoms with Gasteiger partial charge in [-0.3, -0.25) is 9.69 Å². The molecule has 0 aliphatic heterocycles. The minimum absolute atomic E-state index is 0.0813. The van der Waals surface area contributed by atoms with Gasteiger partial charge in [-0.2, -0.15) is 0 Å². The van der Waals surface area contributed by atoms with Gasteiger partial charge in [-0.1, -0.05) is 6.92 Å². The summed E-state index contributed by atoms with van der Waals surface area (Å²) in [5.74, 6) is -0.795. The van der Waals surface area contributed by atoms with E-state index in [0.29, 0.717) is 26.4 Å². The number of carboxylic acid groups (broad SMARTS) is 1. The quantitative estimate of drug-likeness (QED) is 0.540. The Morgan fingerprint density at radius 1 is 1.33 bits per heavy atom. The number of hydrogen-bond donors (Lipinski definition) is 1. The fourth-order valence-electron chi connectivity index (χ4n) is 1.14. The number of nitrogens with zero attached hydrogens (tertiary/aromatic N) is 1. The maximum atomic E-state index is 10.4. The number of ether oxygens (including phenoxy) is 2. The van der Waals surface area contributed by atoms with Gasteiger partial charge >= 0.3 is 5.97 Å². The van der Waals surface area contributed by atoms with Crippen molar-refractivity contribution in [3.8, 4) is 0 Å². The van der Waals surface area contributed by atoms with E-state index >= 15 is 0 Å². The van der Waals surface area contributed by atoms with Crippen LogP contribution < -0.4 is 0 Å². The van der Waals surface area contributed by atoms with Crippen LogP contribution in [0.4, 0.5) is 0 Å². The molecule has 15 heavy (non-hydrogen) atoms. The van der Waals surface area contributed by atoms with E-state index < -0.39 is 5.97 Å².